The molecular formula is C10H13N3O3. The molecule has 1 saturated heterocycles. The fourth-order valence-corrected chi connectivity index (χ4v) is 1.79. The van der Waals surface area contributed by atoms with Crippen LogP contribution in [0.1, 0.15) is 16.9 Å². The zero-order valence-electron chi connectivity index (χ0n) is 8.72. The monoisotopic (exact) mass is 223 g/mol. The molecule has 0 spiro atoms. The van der Waals surface area contributed by atoms with Crippen LogP contribution in [0.25, 0.3) is 0 Å². The first-order valence-corrected chi connectivity index (χ1v) is 5.16. The summed E-state index contributed by atoms with van der Waals surface area (Å²) < 4.78 is 0. The lowest BCUT2D eigenvalue weighted by molar-refractivity contribution is 0.0775. The molecule has 6 nitrogen and oxygen atoms in total. The van der Waals surface area contributed by atoms with Crippen molar-refractivity contribution in [2.45, 2.75) is 6.42 Å². The third-order valence-corrected chi connectivity index (χ3v) is 2.73. The first-order valence-electron chi connectivity index (χ1n) is 5.16. The average Bonchev–Trinajstić information content (AvgIpc) is 2.77. The third-order valence-electron chi connectivity index (χ3n) is 2.73. The van der Waals surface area contributed by atoms with E-state index in [2.05, 4.69) is 10.2 Å². The van der Waals surface area contributed by atoms with E-state index in [1.807, 2.05) is 0 Å². The van der Waals surface area contributed by atoms with Gasteiger partial charge in [-0.1, -0.05) is 0 Å². The SMILES string of the molecule is O=C(c1ccc(=O)[nH]n1)N1CC[C@@H](CO)C1. The van der Waals surface area contributed by atoms with Crippen LogP contribution >= 0.6 is 0 Å². The fourth-order valence-electron chi connectivity index (χ4n) is 1.79. The number of hydrogen-bond donors (Lipinski definition) is 2. The second kappa shape index (κ2) is 4.44. The number of aliphatic hydroxyl groups is 1. The number of likely N-dealkylation sites (tertiary alicyclic amines) is 1. The molecule has 16 heavy (non-hydrogen) atoms. The molecular weight excluding hydrogens is 210 g/mol. The van der Waals surface area contributed by atoms with Gasteiger partial charge in [-0.05, 0) is 12.5 Å². The summed E-state index contributed by atoms with van der Waals surface area (Å²) in [6.45, 7) is 1.28. The Labute approximate surface area is 91.9 Å². The largest absolute Gasteiger partial charge is 0.396 e. The summed E-state index contributed by atoms with van der Waals surface area (Å²) in [5, 5.41) is 14.9. The van der Waals surface area contributed by atoms with Crippen molar-refractivity contribution in [3.8, 4) is 0 Å². The van der Waals surface area contributed by atoms with Gasteiger partial charge in [0, 0.05) is 31.7 Å². The minimum absolute atomic E-state index is 0.100. The lowest BCUT2D eigenvalue weighted by atomic mass is 10.1. The van der Waals surface area contributed by atoms with Crippen LogP contribution in [0.5, 0.6) is 0 Å². The number of H-pyrrole nitrogens is 1. The molecule has 86 valence electrons. The molecule has 6 heteroatoms. The van der Waals surface area contributed by atoms with Crippen molar-refractivity contribution in [3.05, 3.63) is 28.2 Å². The summed E-state index contributed by atoms with van der Waals surface area (Å²) in [6.07, 6.45) is 0.811. The number of carbonyl (C=O) groups excluding carboxylic acids is 1. The van der Waals surface area contributed by atoms with E-state index in [0.717, 1.165) is 6.42 Å². The van der Waals surface area contributed by atoms with E-state index in [1.165, 1.54) is 12.1 Å². The van der Waals surface area contributed by atoms with Crippen molar-refractivity contribution in [3.63, 3.8) is 0 Å². The van der Waals surface area contributed by atoms with E-state index in [4.69, 9.17) is 5.11 Å². The Hall–Kier alpha value is -1.69. The van der Waals surface area contributed by atoms with E-state index < -0.39 is 0 Å². The highest BCUT2D eigenvalue weighted by molar-refractivity contribution is 5.92. The fraction of sp³-hybridized carbons (Fsp3) is 0.500. The number of nitrogens with zero attached hydrogens (tertiary/aromatic N) is 2. The maximum absolute atomic E-state index is 11.9. The first-order chi connectivity index (χ1) is 7.70. The van der Waals surface area contributed by atoms with Crippen LogP contribution in [0.15, 0.2) is 16.9 Å². The molecule has 1 fully saturated rings. The first kappa shape index (κ1) is 10.8. The Balaban J connectivity index is 2.08. The summed E-state index contributed by atoms with van der Waals surface area (Å²) in [4.78, 5) is 24.3. The van der Waals surface area contributed by atoms with Gasteiger partial charge in [0.2, 0.25) is 0 Å². The molecule has 1 atom stereocenters. The van der Waals surface area contributed by atoms with Gasteiger partial charge in [-0.25, -0.2) is 5.10 Å². The van der Waals surface area contributed by atoms with Gasteiger partial charge in [0.15, 0.2) is 0 Å². The van der Waals surface area contributed by atoms with Gasteiger partial charge in [0.25, 0.3) is 11.5 Å². The predicted octanol–water partition coefficient (Wildman–Crippen LogP) is -0.776. The van der Waals surface area contributed by atoms with Gasteiger partial charge >= 0.3 is 0 Å². The van der Waals surface area contributed by atoms with Gasteiger partial charge in [0.05, 0.1) is 0 Å². The number of aliphatic hydroxyl groups excluding tert-OH is 1. The van der Waals surface area contributed by atoms with Gasteiger partial charge in [0.1, 0.15) is 5.69 Å². The van der Waals surface area contributed by atoms with Crippen LogP contribution in [0.4, 0.5) is 0 Å². The molecule has 1 aromatic rings. The number of aromatic nitrogens is 2. The van der Waals surface area contributed by atoms with Crippen molar-refractivity contribution in [1.82, 2.24) is 15.1 Å². The summed E-state index contributed by atoms with van der Waals surface area (Å²) in [7, 11) is 0. The third kappa shape index (κ3) is 2.11. The van der Waals surface area contributed by atoms with Crippen molar-refractivity contribution in [1.29, 1.82) is 0 Å². The lowest BCUT2D eigenvalue weighted by Crippen LogP contribution is -2.30. The maximum Gasteiger partial charge on any atom is 0.274 e. The number of rotatable bonds is 2. The molecule has 1 aliphatic heterocycles. The van der Waals surface area contributed by atoms with Crippen LogP contribution in [-0.4, -0.2) is 45.8 Å². The van der Waals surface area contributed by atoms with E-state index in [0.29, 0.717) is 13.1 Å². The van der Waals surface area contributed by atoms with Crippen LogP contribution < -0.4 is 5.56 Å². The maximum atomic E-state index is 11.9. The van der Waals surface area contributed by atoms with Crippen LogP contribution in [0, 0.1) is 5.92 Å². The summed E-state index contributed by atoms with van der Waals surface area (Å²) in [6, 6.07) is 2.69. The molecule has 0 radical (unpaired) electrons. The molecule has 0 aliphatic carbocycles. The lowest BCUT2D eigenvalue weighted by Gasteiger charge is -2.14. The molecule has 2 heterocycles. The minimum Gasteiger partial charge on any atom is -0.396 e. The van der Waals surface area contributed by atoms with E-state index >= 15 is 0 Å². The predicted molar refractivity (Wildman–Crippen MR) is 56.0 cm³/mol. The zero-order valence-corrected chi connectivity index (χ0v) is 8.72. The van der Waals surface area contributed by atoms with Gasteiger partial charge in [-0.3, -0.25) is 9.59 Å². The highest BCUT2D eigenvalue weighted by atomic mass is 16.3. The topological polar surface area (TPSA) is 86.3 Å². The van der Waals surface area contributed by atoms with Crippen LogP contribution in [0.3, 0.4) is 0 Å². The minimum atomic E-state index is -0.328. The average molecular weight is 223 g/mol. The molecule has 0 unspecified atom stereocenters. The summed E-state index contributed by atoms with van der Waals surface area (Å²) in [5.41, 5.74) is -0.0932. The normalized spacial score (nSPS) is 20.1. The van der Waals surface area contributed by atoms with Crippen LogP contribution in [0.2, 0.25) is 0 Å². The number of amides is 1. The van der Waals surface area contributed by atoms with Gasteiger partial charge in [-0.2, -0.15) is 5.10 Å². The highest BCUT2D eigenvalue weighted by Gasteiger charge is 2.26. The Kier molecular flexibility index (Phi) is 3.00. The molecule has 1 amide bonds. The second-order valence-corrected chi connectivity index (χ2v) is 3.89. The number of hydrogen-bond acceptors (Lipinski definition) is 4. The van der Waals surface area contributed by atoms with Gasteiger partial charge < -0.3 is 10.0 Å². The standard InChI is InChI=1S/C10H13N3O3/c14-6-7-3-4-13(5-7)10(16)8-1-2-9(15)12-11-8/h1-2,7,14H,3-6H2,(H,12,15)/t7-/m1/s1. The van der Waals surface area contributed by atoms with Crippen molar-refractivity contribution in [2.75, 3.05) is 19.7 Å². The van der Waals surface area contributed by atoms with Crippen molar-refractivity contribution in [2.24, 2.45) is 5.92 Å². The molecule has 0 bridgehead atoms. The van der Waals surface area contributed by atoms with E-state index in [9.17, 15) is 9.59 Å². The molecule has 1 aromatic heterocycles. The molecule has 1 aliphatic rings. The number of carbonyl (C=O) groups is 1. The zero-order chi connectivity index (χ0) is 11.5. The number of aromatic amines is 1. The second-order valence-electron chi connectivity index (χ2n) is 3.89. The van der Waals surface area contributed by atoms with Crippen molar-refractivity contribution < 1.29 is 9.90 Å². The van der Waals surface area contributed by atoms with E-state index in [-0.39, 0.29) is 29.7 Å². The Morgan fingerprint density at radius 2 is 2.44 bits per heavy atom. The Morgan fingerprint density at radius 1 is 1.62 bits per heavy atom. The van der Waals surface area contributed by atoms with Crippen molar-refractivity contribution >= 4 is 5.91 Å². The van der Waals surface area contributed by atoms with Crippen LogP contribution in [-0.2, 0) is 0 Å². The quantitative estimate of drug-likeness (QED) is 0.689. The Morgan fingerprint density at radius 3 is 3.00 bits per heavy atom. The molecule has 0 aromatic carbocycles. The summed E-state index contributed by atoms with van der Waals surface area (Å²) in [5.74, 6) is -0.0427. The summed E-state index contributed by atoms with van der Waals surface area (Å²) >= 11 is 0. The molecule has 2 rings (SSSR count). The number of nitrogens with one attached hydrogen (secondary N) is 1. The van der Waals surface area contributed by atoms with Gasteiger partial charge in [-0.15, -0.1) is 0 Å². The van der Waals surface area contributed by atoms with E-state index in [1.54, 1.807) is 4.90 Å². The highest BCUT2D eigenvalue weighted by Crippen LogP contribution is 2.16. The smallest absolute Gasteiger partial charge is 0.274 e. The Bertz CT molecular complexity index is 423. The molecule has 0 saturated carbocycles. The molecule has 2 N–H and O–H groups in total.